The van der Waals surface area contributed by atoms with Crippen LogP contribution in [0.2, 0.25) is 0 Å². The maximum absolute atomic E-state index is 11.3. The Hall–Kier alpha value is -1.88. The Morgan fingerprint density at radius 2 is 1.81 bits per heavy atom. The van der Waals surface area contributed by atoms with E-state index in [1.165, 1.54) is 5.69 Å². The van der Waals surface area contributed by atoms with Crippen molar-refractivity contribution in [3.05, 3.63) is 29.8 Å². The number of carbonyl (C=O) groups excluding carboxylic acids is 1. The van der Waals surface area contributed by atoms with E-state index in [1.807, 2.05) is 6.92 Å². The molecule has 0 radical (unpaired) electrons. The van der Waals surface area contributed by atoms with Crippen LogP contribution in [-0.2, 0) is 4.79 Å². The monoisotopic (exact) mass is 286 g/mol. The summed E-state index contributed by atoms with van der Waals surface area (Å²) in [6.07, 6.45) is 0.513. The standard InChI is InChI=1S/C16H22N4O/c1-12-11-15(21)17-18-16(12)13-3-5-14(6-4-13)20-9-7-19(2)8-10-20/h3-6,12H,7-11H2,1-2H3,(H,17,21). The van der Waals surface area contributed by atoms with Crippen molar-refractivity contribution in [1.82, 2.24) is 10.3 Å². The molecule has 5 heteroatoms. The average Bonchev–Trinajstić information content (AvgIpc) is 2.48. The molecule has 1 aromatic carbocycles. The predicted octanol–water partition coefficient (Wildman–Crippen LogP) is 1.30. The van der Waals surface area contributed by atoms with E-state index in [1.54, 1.807) is 0 Å². The van der Waals surface area contributed by atoms with Crippen LogP contribution in [0.5, 0.6) is 0 Å². The van der Waals surface area contributed by atoms with Crippen molar-refractivity contribution in [1.29, 1.82) is 0 Å². The molecule has 0 bridgehead atoms. The maximum atomic E-state index is 11.3. The van der Waals surface area contributed by atoms with Gasteiger partial charge in [0.05, 0.1) is 5.71 Å². The first kappa shape index (κ1) is 14.1. The van der Waals surface area contributed by atoms with Crippen LogP contribution < -0.4 is 10.3 Å². The van der Waals surface area contributed by atoms with Crippen molar-refractivity contribution in [3.8, 4) is 0 Å². The lowest BCUT2D eigenvalue weighted by atomic mass is 9.94. The molecule has 1 unspecified atom stereocenters. The van der Waals surface area contributed by atoms with Gasteiger partial charge in [0.15, 0.2) is 0 Å². The number of carbonyl (C=O) groups is 1. The van der Waals surface area contributed by atoms with Crippen LogP contribution >= 0.6 is 0 Å². The van der Waals surface area contributed by atoms with Crippen molar-refractivity contribution in [2.75, 3.05) is 38.1 Å². The molecule has 21 heavy (non-hydrogen) atoms. The number of anilines is 1. The fourth-order valence-electron chi connectivity index (χ4n) is 2.91. The normalized spacial score (nSPS) is 23.7. The van der Waals surface area contributed by atoms with Gasteiger partial charge in [-0.05, 0) is 24.7 Å². The Morgan fingerprint density at radius 1 is 1.14 bits per heavy atom. The van der Waals surface area contributed by atoms with Gasteiger partial charge >= 0.3 is 0 Å². The fourth-order valence-corrected chi connectivity index (χ4v) is 2.91. The summed E-state index contributed by atoms with van der Waals surface area (Å²) in [6.45, 7) is 6.41. The second-order valence-corrected chi connectivity index (χ2v) is 5.97. The van der Waals surface area contributed by atoms with Crippen LogP contribution in [0.3, 0.4) is 0 Å². The Kier molecular flexibility index (Phi) is 3.92. The first-order valence-electron chi connectivity index (χ1n) is 7.54. The lowest BCUT2D eigenvalue weighted by Crippen LogP contribution is -2.44. The Balaban J connectivity index is 1.74. The molecule has 0 saturated carbocycles. The van der Waals surface area contributed by atoms with Gasteiger partial charge < -0.3 is 9.80 Å². The number of hydrazone groups is 1. The van der Waals surface area contributed by atoms with Gasteiger partial charge in [0, 0.05) is 44.2 Å². The summed E-state index contributed by atoms with van der Waals surface area (Å²) >= 11 is 0. The van der Waals surface area contributed by atoms with Gasteiger partial charge in [-0.15, -0.1) is 0 Å². The predicted molar refractivity (Wildman–Crippen MR) is 84.6 cm³/mol. The third-order valence-corrected chi connectivity index (χ3v) is 4.29. The molecule has 1 atom stereocenters. The van der Waals surface area contributed by atoms with Crippen molar-refractivity contribution < 1.29 is 4.79 Å². The highest BCUT2D eigenvalue weighted by molar-refractivity contribution is 6.05. The molecule has 0 aromatic heterocycles. The SMILES string of the molecule is CC1CC(=O)NN=C1c1ccc(N2CCN(C)CC2)cc1. The van der Waals surface area contributed by atoms with Gasteiger partial charge in [0.1, 0.15) is 0 Å². The van der Waals surface area contributed by atoms with Crippen LogP contribution in [0.15, 0.2) is 29.4 Å². The van der Waals surface area contributed by atoms with E-state index >= 15 is 0 Å². The molecule has 2 aliphatic heterocycles. The van der Waals surface area contributed by atoms with Crippen molar-refractivity contribution in [2.45, 2.75) is 13.3 Å². The molecule has 0 aliphatic carbocycles. The van der Waals surface area contributed by atoms with Crippen molar-refractivity contribution in [2.24, 2.45) is 11.0 Å². The molecule has 1 saturated heterocycles. The number of rotatable bonds is 2. The van der Waals surface area contributed by atoms with E-state index in [4.69, 9.17) is 0 Å². The van der Waals surface area contributed by atoms with Crippen molar-refractivity contribution >= 4 is 17.3 Å². The number of hydrogen-bond acceptors (Lipinski definition) is 4. The number of amides is 1. The Bertz CT molecular complexity index is 544. The van der Waals surface area contributed by atoms with E-state index in [0.29, 0.717) is 6.42 Å². The Morgan fingerprint density at radius 3 is 2.43 bits per heavy atom. The van der Waals surface area contributed by atoms with Crippen LogP contribution in [0.1, 0.15) is 18.9 Å². The van der Waals surface area contributed by atoms with Crippen molar-refractivity contribution in [3.63, 3.8) is 0 Å². The van der Waals surface area contributed by atoms with Crippen LogP contribution in [0, 0.1) is 5.92 Å². The summed E-state index contributed by atoms with van der Waals surface area (Å²) < 4.78 is 0. The molecule has 1 N–H and O–H groups in total. The summed E-state index contributed by atoms with van der Waals surface area (Å²) in [7, 11) is 2.16. The largest absolute Gasteiger partial charge is 0.369 e. The smallest absolute Gasteiger partial charge is 0.240 e. The van der Waals surface area contributed by atoms with Gasteiger partial charge in [0.2, 0.25) is 5.91 Å². The first-order chi connectivity index (χ1) is 10.1. The van der Waals surface area contributed by atoms with Crippen LogP contribution in [0.25, 0.3) is 0 Å². The number of nitrogens with one attached hydrogen (secondary N) is 1. The summed E-state index contributed by atoms with van der Waals surface area (Å²) in [5.74, 6) is 0.175. The molecular weight excluding hydrogens is 264 g/mol. The minimum atomic E-state index is 0.000284. The summed E-state index contributed by atoms with van der Waals surface area (Å²) in [5.41, 5.74) is 5.91. The van der Waals surface area contributed by atoms with Gasteiger partial charge in [-0.3, -0.25) is 4.79 Å². The highest BCUT2D eigenvalue weighted by Crippen LogP contribution is 2.21. The second-order valence-electron chi connectivity index (χ2n) is 5.97. The molecule has 1 amide bonds. The topological polar surface area (TPSA) is 47.9 Å². The zero-order chi connectivity index (χ0) is 14.8. The van der Waals surface area contributed by atoms with Gasteiger partial charge in [-0.25, -0.2) is 5.43 Å². The minimum absolute atomic E-state index is 0.000284. The molecule has 1 fully saturated rings. The van der Waals surface area contributed by atoms with E-state index in [2.05, 4.69) is 51.6 Å². The quantitative estimate of drug-likeness (QED) is 0.891. The number of benzene rings is 1. The van der Waals surface area contributed by atoms with E-state index in [-0.39, 0.29) is 11.8 Å². The molecule has 3 rings (SSSR count). The number of hydrogen-bond donors (Lipinski definition) is 1. The summed E-state index contributed by atoms with van der Waals surface area (Å²) in [5, 5.41) is 4.21. The van der Waals surface area contributed by atoms with E-state index < -0.39 is 0 Å². The molecular formula is C16H22N4O. The highest BCUT2D eigenvalue weighted by Gasteiger charge is 2.22. The fraction of sp³-hybridized carbons (Fsp3) is 0.500. The number of nitrogens with zero attached hydrogens (tertiary/aromatic N) is 3. The summed E-state index contributed by atoms with van der Waals surface area (Å²) in [4.78, 5) is 16.1. The van der Waals surface area contributed by atoms with Crippen LogP contribution in [0.4, 0.5) is 5.69 Å². The number of piperazine rings is 1. The zero-order valence-electron chi connectivity index (χ0n) is 12.7. The lowest BCUT2D eigenvalue weighted by molar-refractivity contribution is -0.121. The maximum Gasteiger partial charge on any atom is 0.240 e. The third-order valence-electron chi connectivity index (χ3n) is 4.29. The molecule has 2 aliphatic rings. The Labute approximate surface area is 125 Å². The zero-order valence-corrected chi connectivity index (χ0v) is 12.7. The molecule has 5 nitrogen and oxygen atoms in total. The van der Waals surface area contributed by atoms with E-state index in [9.17, 15) is 4.79 Å². The van der Waals surface area contributed by atoms with E-state index in [0.717, 1.165) is 37.5 Å². The first-order valence-corrected chi connectivity index (χ1v) is 7.54. The van der Waals surface area contributed by atoms with Gasteiger partial charge in [-0.1, -0.05) is 19.1 Å². The third kappa shape index (κ3) is 3.08. The second kappa shape index (κ2) is 5.85. The summed E-state index contributed by atoms with van der Waals surface area (Å²) in [6, 6.07) is 8.54. The average molecular weight is 286 g/mol. The molecule has 112 valence electrons. The molecule has 0 spiro atoms. The highest BCUT2D eigenvalue weighted by atomic mass is 16.2. The van der Waals surface area contributed by atoms with Gasteiger partial charge in [0.25, 0.3) is 0 Å². The van der Waals surface area contributed by atoms with Crippen LogP contribution in [-0.4, -0.2) is 49.7 Å². The lowest BCUT2D eigenvalue weighted by Gasteiger charge is -2.34. The molecule has 1 aromatic rings. The minimum Gasteiger partial charge on any atom is -0.369 e. The molecule has 2 heterocycles. The van der Waals surface area contributed by atoms with Gasteiger partial charge in [-0.2, -0.15) is 5.10 Å². The number of likely N-dealkylation sites (N-methyl/N-ethyl adjacent to an activating group) is 1.